The third kappa shape index (κ3) is 4.39. The molecule has 0 aromatic heterocycles. The number of para-hydroxylation sites is 2. The van der Waals surface area contributed by atoms with Crippen LogP contribution in [0.15, 0.2) is 42.5 Å². The summed E-state index contributed by atoms with van der Waals surface area (Å²) in [6.45, 7) is -0.334. The molecular formula is C17H17NO6. The average Bonchev–Trinajstić information content (AvgIpc) is 2.64. The van der Waals surface area contributed by atoms with E-state index in [9.17, 15) is 9.59 Å². The predicted octanol–water partition coefficient (Wildman–Crippen LogP) is 2.47. The molecule has 0 saturated heterocycles. The highest BCUT2D eigenvalue weighted by Gasteiger charge is 2.11. The summed E-state index contributed by atoms with van der Waals surface area (Å²) in [5.74, 6) is 0.585. The van der Waals surface area contributed by atoms with Gasteiger partial charge in [-0.1, -0.05) is 12.1 Å². The first-order valence-corrected chi connectivity index (χ1v) is 7.02. The molecule has 24 heavy (non-hydrogen) atoms. The van der Waals surface area contributed by atoms with Gasteiger partial charge in [-0.2, -0.15) is 0 Å². The fraction of sp³-hybridized carbons (Fsp3) is 0.176. The summed E-state index contributed by atoms with van der Waals surface area (Å²) < 4.78 is 15.6. The van der Waals surface area contributed by atoms with Crippen LogP contribution in [0.2, 0.25) is 0 Å². The van der Waals surface area contributed by atoms with Crippen LogP contribution in [0, 0.1) is 0 Å². The predicted molar refractivity (Wildman–Crippen MR) is 86.6 cm³/mol. The van der Waals surface area contributed by atoms with Gasteiger partial charge in [-0.3, -0.25) is 4.79 Å². The lowest BCUT2D eigenvalue weighted by molar-refractivity contribution is -0.143. The van der Waals surface area contributed by atoms with Crippen molar-refractivity contribution in [2.75, 3.05) is 26.3 Å². The van der Waals surface area contributed by atoms with Crippen molar-refractivity contribution in [3.05, 3.63) is 48.0 Å². The highest BCUT2D eigenvalue weighted by molar-refractivity contribution is 5.76. The van der Waals surface area contributed by atoms with Crippen LogP contribution in [0.5, 0.6) is 17.2 Å². The number of carbonyl (C=O) groups is 2. The Labute approximate surface area is 139 Å². The number of hydrogen-bond donors (Lipinski definition) is 1. The molecular weight excluding hydrogens is 314 g/mol. The molecule has 2 aromatic carbocycles. The number of ether oxygens (including phenoxy) is 3. The van der Waals surface area contributed by atoms with Crippen LogP contribution in [-0.2, 0) is 9.63 Å². The number of methoxy groups -OCH3 is 2. The Hall–Kier alpha value is -3.22. The lowest BCUT2D eigenvalue weighted by atomic mass is 10.2. The maximum absolute atomic E-state index is 11.8. The molecule has 2 rings (SSSR count). The molecule has 0 radical (unpaired) electrons. The SMILES string of the molecule is COc1ccccc1NOC(=O)COc1ccc(C=O)cc1OC. The zero-order valence-corrected chi connectivity index (χ0v) is 13.3. The smallest absolute Gasteiger partial charge is 0.369 e. The number of nitrogens with one attached hydrogen (secondary N) is 1. The molecule has 0 saturated carbocycles. The topological polar surface area (TPSA) is 83.1 Å². The molecule has 0 fully saturated rings. The van der Waals surface area contributed by atoms with Gasteiger partial charge in [0.05, 0.1) is 14.2 Å². The van der Waals surface area contributed by atoms with Gasteiger partial charge in [0.15, 0.2) is 18.1 Å². The highest BCUT2D eigenvalue weighted by atomic mass is 16.7. The second kappa shape index (κ2) is 8.42. The van der Waals surface area contributed by atoms with Crippen molar-refractivity contribution >= 4 is 17.9 Å². The Morgan fingerprint density at radius 2 is 1.79 bits per heavy atom. The summed E-state index contributed by atoms with van der Waals surface area (Å²) in [5, 5.41) is 0. The largest absolute Gasteiger partial charge is 0.494 e. The number of aldehydes is 1. The molecule has 0 unspecified atom stereocenters. The van der Waals surface area contributed by atoms with Gasteiger partial charge < -0.3 is 19.0 Å². The Morgan fingerprint density at radius 1 is 1.04 bits per heavy atom. The van der Waals surface area contributed by atoms with Gasteiger partial charge in [-0.05, 0) is 30.3 Å². The van der Waals surface area contributed by atoms with E-state index in [4.69, 9.17) is 19.0 Å². The summed E-state index contributed by atoms with van der Waals surface area (Å²) in [4.78, 5) is 27.4. The monoisotopic (exact) mass is 331 g/mol. The summed E-state index contributed by atoms with van der Waals surface area (Å²) in [5.41, 5.74) is 3.47. The van der Waals surface area contributed by atoms with Gasteiger partial charge >= 0.3 is 5.97 Å². The first-order chi connectivity index (χ1) is 11.7. The molecule has 0 heterocycles. The van der Waals surface area contributed by atoms with Gasteiger partial charge in [-0.25, -0.2) is 10.3 Å². The number of anilines is 1. The van der Waals surface area contributed by atoms with E-state index in [0.29, 0.717) is 34.8 Å². The standard InChI is InChI=1S/C17H17NO6/c1-21-14-6-4-3-5-13(14)18-24-17(20)11-23-15-8-7-12(10-19)9-16(15)22-2/h3-10,18H,11H2,1-2H3. The van der Waals surface area contributed by atoms with Crippen molar-refractivity contribution in [3.8, 4) is 17.2 Å². The first kappa shape index (κ1) is 17.1. The Morgan fingerprint density at radius 3 is 2.50 bits per heavy atom. The number of benzene rings is 2. The molecule has 0 spiro atoms. The van der Waals surface area contributed by atoms with Crippen molar-refractivity contribution in [2.45, 2.75) is 0 Å². The lowest BCUT2D eigenvalue weighted by Gasteiger charge is -2.12. The second-order valence-electron chi connectivity index (χ2n) is 4.59. The van der Waals surface area contributed by atoms with E-state index < -0.39 is 5.97 Å². The van der Waals surface area contributed by atoms with E-state index in [1.54, 1.807) is 36.4 Å². The highest BCUT2D eigenvalue weighted by Crippen LogP contribution is 2.27. The Kier molecular flexibility index (Phi) is 6.01. The van der Waals surface area contributed by atoms with Crippen LogP contribution in [0.4, 0.5) is 5.69 Å². The van der Waals surface area contributed by atoms with Gasteiger partial charge in [0, 0.05) is 5.56 Å². The lowest BCUT2D eigenvalue weighted by Crippen LogP contribution is -2.18. The normalized spacial score (nSPS) is 9.75. The summed E-state index contributed by atoms with van der Waals surface area (Å²) in [7, 11) is 2.96. The second-order valence-corrected chi connectivity index (χ2v) is 4.59. The minimum absolute atomic E-state index is 0.331. The van der Waals surface area contributed by atoms with Crippen LogP contribution in [0.25, 0.3) is 0 Å². The summed E-state index contributed by atoms with van der Waals surface area (Å²) in [6.07, 6.45) is 0.692. The quantitative estimate of drug-likeness (QED) is 0.587. The van der Waals surface area contributed by atoms with E-state index >= 15 is 0 Å². The number of hydrogen-bond acceptors (Lipinski definition) is 7. The van der Waals surface area contributed by atoms with Crippen LogP contribution in [0.1, 0.15) is 10.4 Å². The number of carbonyl (C=O) groups excluding carboxylic acids is 2. The van der Waals surface area contributed by atoms with Crippen LogP contribution >= 0.6 is 0 Å². The summed E-state index contributed by atoms with van der Waals surface area (Å²) >= 11 is 0. The van der Waals surface area contributed by atoms with Crippen LogP contribution in [-0.4, -0.2) is 33.1 Å². The van der Waals surface area contributed by atoms with Crippen LogP contribution in [0.3, 0.4) is 0 Å². The molecule has 0 atom stereocenters. The molecule has 0 amide bonds. The zero-order valence-electron chi connectivity index (χ0n) is 13.3. The van der Waals surface area contributed by atoms with Crippen molar-refractivity contribution < 1.29 is 28.6 Å². The minimum atomic E-state index is -0.637. The Balaban J connectivity index is 1.90. The van der Waals surface area contributed by atoms with E-state index in [0.717, 1.165) is 0 Å². The van der Waals surface area contributed by atoms with Gasteiger partial charge in [-0.15, -0.1) is 0 Å². The summed E-state index contributed by atoms with van der Waals surface area (Å²) in [6, 6.07) is 11.6. The molecule has 7 nitrogen and oxygen atoms in total. The van der Waals surface area contributed by atoms with E-state index in [1.807, 2.05) is 0 Å². The third-order valence-corrected chi connectivity index (χ3v) is 3.05. The molecule has 0 aliphatic heterocycles. The van der Waals surface area contributed by atoms with E-state index in [-0.39, 0.29) is 6.61 Å². The van der Waals surface area contributed by atoms with Gasteiger partial charge in [0.1, 0.15) is 17.7 Å². The Bertz CT molecular complexity index is 716. The van der Waals surface area contributed by atoms with Gasteiger partial charge in [0.2, 0.25) is 0 Å². The first-order valence-electron chi connectivity index (χ1n) is 7.02. The van der Waals surface area contributed by atoms with Crippen molar-refractivity contribution in [3.63, 3.8) is 0 Å². The molecule has 0 bridgehead atoms. The van der Waals surface area contributed by atoms with Crippen molar-refractivity contribution in [2.24, 2.45) is 0 Å². The fourth-order valence-electron chi connectivity index (χ4n) is 1.88. The minimum Gasteiger partial charge on any atom is -0.494 e. The number of rotatable bonds is 8. The maximum Gasteiger partial charge on any atom is 0.369 e. The average molecular weight is 331 g/mol. The van der Waals surface area contributed by atoms with E-state index in [1.165, 1.54) is 20.3 Å². The van der Waals surface area contributed by atoms with Crippen LogP contribution < -0.4 is 19.7 Å². The zero-order chi connectivity index (χ0) is 17.4. The molecule has 0 aliphatic carbocycles. The molecule has 7 heteroatoms. The van der Waals surface area contributed by atoms with Gasteiger partial charge in [0.25, 0.3) is 0 Å². The fourth-order valence-corrected chi connectivity index (χ4v) is 1.88. The molecule has 0 aliphatic rings. The third-order valence-electron chi connectivity index (χ3n) is 3.05. The van der Waals surface area contributed by atoms with Crippen molar-refractivity contribution in [1.29, 1.82) is 0 Å². The maximum atomic E-state index is 11.8. The molecule has 1 N–H and O–H groups in total. The van der Waals surface area contributed by atoms with Crippen molar-refractivity contribution in [1.82, 2.24) is 0 Å². The molecule has 2 aromatic rings. The van der Waals surface area contributed by atoms with E-state index in [2.05, 4.69) is 5.48 Å². The molecule has 126 valence electrons.